The highest BCUT2D eigenvalue weighted by Crippen LogP contribution is 2.42. The molecule has 0 unspecified atom stereocenters. The Labute approximate surface area is 123 Å². The summed E-state index contributed by atoms with van der Waals surface area (Å²) in [6, 6.07) is 7.26. The smallest absolute Gasteiger partial charge is 0.238 e. The molecule has 104 valence electrons. The number of anilines is 1. The fourth-order valence-corrected chi connectivity index (χ4v) is 3.31. The van der Waals surface area contributed by atoms with E-state index in [9.17, 15) is 4.79 Å². The standard InChI is InChI=1S/C14H19ClN2OS/c1-19-14(7-4-8-14)10-16-9-13(18)17-12-6-3-2-5-11(12)15/h2-3,5-6,16H,4,7-10H2,1H3,(H,17,18). The van der Waals surface area contributed by atoms with Crippen LogP contribution in [0.15, 0.2) is 24.3 Å². The summed E-state index contributed by atoms with van der Waals surface area (Å²) in [6.45, 7) is 1.22. The van der Waals surface area contributed by atoms with Crippen molar-refractivity contribution in [2.24, 2.45) is 0 Å². The lowest BCUT2D eigenvalue weighted by Gasteiger charge is -2.40. The number of hydrogen-bond acceptors (Lipinski definition) is 3. The SMILES string of the molecule is CSC1(CNCC(=O)Nc2ccccc2Cl)CCC1. The van der Waals surface area contributed by atoms with E-state index in [0.717, 1.165) is 6.54 Å². The largest absolute Gasteiger partial charge is 0.324 e. The number of para-hydroxylation sites is 1. The second-order valence-electron chi connectivity index (χ2n) is 4.87. The molecule has 0 heterocycles. The maximum atomic E-state index is 11.8. The van der Waals surface area contributed by atoms with Crippen LogP contribution < -0.4 is 10.6 Å². The molecule has 5 heteroatoms. The van der Waals surface area contributed by atoms with Gasteiger partial charge in [-0.2, -0.15) is 11.8 Å². The van der Waals surface area contributed by atoms with E-state index in [1.54, 1.807) is 12.1 Å². The molecular formula is C14H19ClN2OS. The molecule has 0 aromatic heterocycles. The van der Waals surface area contributed by atoms with E-state index >= 15 is 0 Å². The lowest BCUT2D eigenvalue weighted by molar-refractivity contribution is -0.115. The molecule has 0 radical (unpaired) electrons. The van der Waals surface area contributed by atoms with Crippen molar-refractivity contribution in [2.75, 3.05) is 24.7 Å². The normalized spacial score (nSPS) is 16.7. The van der Waals surface area contributed by atoms with Crippen LogP contribution in [0.25, 0.3) is 0 Å². The Morgan fingerprint density at radius 1 is 1.42 bits per heavy atom. The summed E-state index contributed by atoms with van der Waals surface area (Å²) in [7, 11) is 0. The first-order valence-electron chi connectivity index (χ1n) is 6.45. The van der Waals surface area contributed by atoms with Crippen LogP contribution in [0.4, 0.5) is 5.69 Å². The number of carbonyl (C=O) groups excluding carboxylic acids is 1. The van der Waals surface area contributed by atoms with E-state index in [1.807, 2.05) is 23.9 Å². The molecule has 0 atom stereocenters. The Balaban J connectivity index is 1.75. The number of halogens is 1. The topological polar surface area (TPSA) is 41.1 Å². The summed E-state index contributed by atoms with van der Waals surface area (Å²) < 4.78 is 0.352. The van der Waals surface area contributed by atoms with E-state index < -0.39 is 0 Å². The van der Waals surface area contributed by atoms with Crippen LogP contribution >= 0.6 is 23.4 Å². The van der Waals surface area contributed by atoms with Crippen molar-refractivity contribution in [3.05, 3.63) is 29.3 Å². The first-order valence-corrected chi connectivity index (χ1v) is 8.06. The maximum absolute atomic E-state index is 11.8. The zero-order valence-electron chi connectivity index (χ0n) is 11.0. The molecule has 0 bridgehead atoms. The number of benzene rings is 1. The number of hydrogen-bond donors (Lipinski definition) is 2. The van der Waals surface area contributed by atoms with Gasteiger partial charge in [-0.05, 0) is 31.2 Å². The highest BCUT2D eigenvalue weighted by molar-refractivity contribution is 8.00. The van der Waals surface area contributed by atoms with E-state index in [-0.39, 0.29) is 5.91 Å². The van der Waals surface area contributed by atoms with Gasteiger partial charge in [-0.25, -0.2) is 0 Å². The lowest BCUT2D eigenvalue weighted by Crippen LogP contribution is -2.45. The van der Waals surface area contributed by atoms with Crippen molar-refractivity contribution >= 4 is 35.0 Å². The van der Waals surface area contributed by atoms with Crippen molar-refractivity contribution in [2.45, 2.75) is 24.0 Å². The molecule has 0 spiro atoms. The van der Waals surface area contributed by atoms with Crippen molar-refractivity contribution < 1.29 is 4.79 Å². The van der Waals surface area contributed by atoms with E-state index in [0.29, 0.717) is 22.0 Å². The van der Waals surface area contributed by atoms with Crippen molar-refractivity contribution in [1.82, 2.24) is 5.32 Å². The van der Waals surface area contributed by atoms with Gasteiger partial charge in [0.25, 0.3) is 0 Å². The zero-order valence-corrected chi connectivity index (χ0v) is 12.6. The van der Waals surface area contributed by atoms with Gasteiger partial charge in [0.2, 0.25) is 5.91 Å². The van der Waals surface area contributed by atoms with Gasteiger partial charge in [0, 0.05) is 11.3 Å². The Kier molecular flexibility index (Phi) is 5.13. The Hall–Kier alpha value is -0.710. The van der Waals surface area contributed by atoms with Crippen molar-refractivity contribution in [3.8, 4) is 0 Å². The third-order valence-electron chi connectivity index (χ3n) is 3.58. The molecule has 0 aliphatic heterocycles. The molecule has 1 fully saturated rings. The third-order valence-corrected chi connectivity index (χ3v) is 5.33. The molecule has 0 saturated heterocycles. The van der Waals surface area contributed by atoms with E-state index in [4.69, 9.17) is 11.6 Å². The first kappa shape index (κ1) is 14.7. The Morgan fingerprint density at radius 2 is 2.16 bits per heavy atom. The molecule has 1 aromatic carbocycles. The summed E-state index contributed by atoms with van der Waals surface area (Å²) >= 11 is 7.89. The van der Waals surface area contributed by atoms with Gasteiger partial charge in [-0.1, -0.05) is 30.2 Å². The van der Waals surface area contributed by atoms with Crippen molar-refractivity contribution in [3.63, 3.8) is 0 Å². The third kappa shape index (κ3) is 3.88. The van der Waals surface area contributed by atoms with Crippen molar-refractivity contribution in [1.29, 1.82) is 0 Å². The minimum atomic E-state index is -0.0522. The summed E-state index contributed by atoms with van der Waals surface area (Å²) in [5.74, 6) is -0.0522. The number of nitrogens with one attached hydrogen (secondary N) is 2. The second-order valence-corrected chi connectivity index (χ2v) is 6.55. The first-order chi connectivity index (χ1) is 9.15. The van der Waals surface area contributed by atoms with Gasteiger partial charge in [-0.3, -0.25) is 4.79 Å². The maximum Gasteiger partial charge on any atom is 0.238 e. The van der Waals surface area contributed by atoms with Crippen LogP contribution in [0.3, 0.4) is 0 Å². The van der Waals surface area contributed by atoms with Crippen LogP contribution in [0.5, 0.6) is 0 Å². The monoisotopic (exact) mass is 298 g/mol. The van der Waals surface area contributed by atoms with Gasteiger partial charge in [0.1, 0.15) is 0 Å². The van der Waals surface area contributed by atoms with E-state index in [2.05, 4.69) is 16.9 Å². The Bertz CT molecular complexity index is 443. The van der Waals surface area contributed by atoms with Crippen LogP contribution in [-0.2, 0) is 4.79 Å². The molecule has 1 aliphatic carbocycles. The number of amides is 1. The van der Waals surface area contributed by atoms with Gasteiger partial charge >= 0.3 is 0 Å². The average molecular weight is 299 g/mol. The second kappa shape index (κ2) is 6.64. The lowest BCUT2D eigenvalue weighted by atomic mass is 9.84. The van der Waals surface area contributed by atoms with Crippen LogP contribution in [0, 0.1) is 0 Å². The van der Waals surface area contributed by atoms with E-state index in [1.165, 1.54) is 19.3 Å². The molecule has 1 amide bonds. The molecular weight excluding hydrogens is 280 g/mol. The summed E-state index contributed by atoms with van der Waals surface area (Å²) in [5.41, 5.74) is 0.666. The number of carbonyl (C=O) groups is 1. The fraction of sp³-hybridized carbons (Fsp3) is 0.500. The molecule has 1 aromatic rings. The predicted molar refractivity (Wildman–Crippen MR) is 83.0 cm³/mol. The molecule has 1 saturated carbocycles. The molecule has 1 aliphatic rings. The van der Waals surface area contributed by atoms with Gasteiger partial charge in [0.15, 0.2) is 0 Å². The summed E-state index contributed by atoms with van der Waals surface area (Å²) in [6.07, 6.45) is 5.93. The van der Waals surface area contributed by atoms with Crippen LogP contribution in [0.1, 0.15) is 19.3 Å². The van der Waals surface area contributed by atoms with Gasteiger partial charge in [-0.15, -0.1) is 0 Å². The fourth-order valence-electron chi connectivity index (χ4n) is 2.19. The molecule has 3 nitrogen and oxygen atoms in total. The summed E-state index contributed by atoms with van der Waals surface area (Å²) in [5, 5.41) is 6.62. The Morgan fingerprint density at radius 3 is 2.74 bits per heavy atom. The van der Waals surface area contributed by atoms with Crippen LogP contribution in [-0.4, -0.2) is 30.0 Å². The zero-order chi connectivity index (χ0) is 13.7. The quantitative estimate of drug-likeness (QED) is 0.848. The highest BCUT2D eigenvalue weighted by atomic mass is 35.5. The minimum Gasteiger partial charge on any atom is -0.324 e. The summed E-state index contributed by atoms with van der Waals surface area (Å²) in [4.78, 5) is 11.8. The van der Waals surface area contributed by atoms with Gasteiger partial charge in [0.05, 0.1) is 17.3 Å². The molecule has 2 rings (SSSR count). The average Bonchev–Trinajstić information content (AvgIpc) is 2.35. The number of thioether (sulfide) groups is 1. The predicted octanol–water partition coefficient (Wildman–Crippen LogP) is 3.15. The molecule has 2 N–H and O–H groups in total. The minimum absolute atomic E-state index is 0.0522. The highest BCUT2D eigenvalue weighted by Gasteiger charge is 2.35. The molecule has 19 heavy (non-hydrogen) atoms. The number of rotatable bonds is 6. The van der Waals surface area contributed by atoms with Crippen LogP contribution in [0.2, 0.25) is 5.02 Å². The van der Waals surface area contributed by atoms with Gasteiger partial charge < -0.3 is 10.6 Å².